The molecule has 0 aliphatic heterocycles. The third-order valence-corrected chi connectivity index (χ3v) is 3.55. The number of nitrogens with one attached hydrogen (secondary N) is 1. The van der Waals surface area contributed by atoms with Gasteiger partial charge < -0.3 is 5.32 Å². The number of hydrogen-bond donors (Lipinski definition) is 1. The van der Waals surface area contributed by atoms with Gasteiger partial charge in [-0.15, -0.1) is 11.3 Å². The zero-order valence-corrected chi connectivity index (χ0v) is 12.0. The number of thiazole rings is 1. The largest absolute Gasteiger partial charge is 0.416 e. The minimum absolute atomic E-state index is 0.395. The summed E-state index contributed by atoms with van der Waals surface area (Å²) in [5.74, 6) is 0. The van der Waals surface area contributed by atoms with Gasteiger partial charge in [0.2, 0.25) is 0 Å². The molecule has 0 atom stereocenters. The summed E-state index contributed by atoms with van der Waals surface area (Å²) in [6.45, 7) is 1.83. The zero-order valence-electron chi connectivity index (χ0n) is 11.2. The first-order valence-electron chi connectivity index (χ1n) is 5.94. The van der Waals surface area contributed by atoms with E-state index in [1.165, 1.54) is 30.5 Å². The predicted octanol–water partition coefficient (Wildman–Crippen LogP) is 3.11. The average Bonchev–Trinajstić information content (AvgIpc) is 2.78. The van der Waals surface area contributed by atoms with Gasteiger partial charge in [-0.3, -0.25) is 4.57 Å². The molecule has 112 valence electrons. The SMILES string of the molecule is CNC(=O)N=c1sc(C)cn1-c1ccc(C(F)(F)F)cc1. The second-order valence-electron chi connectivity index (χ2n) is 4.21. The number of halogens is 3. The van der Waals surface area contributed by atoms with E-state index in [0.29, 0.717) is 10.5 Å². The van der Waals surface area contributed by atoms with Gasteiger partial charge in [-0.05, 0) is 31.2 Å². The number of urea groups is 1. The summed E-state index contributed by atoms with van der Waals surface area (Å²) in [5.41, 5.74) is -0.210. The molecular formula is C13H12F3N3OS. The smallest absolute Gasteiger partial charge is 0.339 e. The summed E-state index contributed by atoms with van der Waals surface area (Å²) < 4.78 is 39.2. The number of nitrogens with zero attached hydrogens (tertiary/aromatic N) is 2. The van der Waals surface area contributed by atoms with Gasteiger partial charge >= 0.3 is 12.2 Å². The van der Waals surface area contributed by atoms with Crippen LogP contribution in [-0.2, 0) is 6.18 Å². The molecular weight excluding hydrogens is 303 g/mol. The highest BCUT2D eigenvalue weighted by Crippen LogP contribution is 2.29. The molecule has 1 N–H and O–H groups in total. The zero-order chi connectivity index (χ0) is 15.6. The van der Waals surface area contributed by atoms with Crippen molar-refractivity contribution in [2.75, 3.05) is 7.05 Å². The van der Waals surface area contributed by atoms with E-state index in [1.807, 2.05) is 6.92 Å². The number of carbonyl (C=O) groups is 1. The predicted molar refractivity (Wildman–Crippen MR) is 73.4 cm³/mol. The molecule has 0 spiro atoms. The fraction of sp³-hybridized carbons (Fsp3) is 0.231. The van der Waals surface area contributed by atoms with Crippen molar-refractivity contribution in [3.63, 3.8) is 0 Å². The van der Waals surface area contributed by atoms with Crippen LogP contribution in [0.25, 0.3) is 5.69 Å². The number of hydrogen-bond acceptors (Lipinski definition) is 2. The van der Waals surface area contributed by atoms with Crippen molar-refractivity contribution in [3.05, 3.63) is 45.7 Å². The molecule has 0 radical (unpaired) electrons. The average molecular weight is 315 g/mol. The van der Waals surface area contributed by atoms with Gasteiger partial charge in [0.25, 0.3) is 0 Å². The van der Waals surface area contributed by atoms with Crippen LogP contribution < -0.4 is 10.1 Å². The van der Waals surface area contributed by atoms with Crippen LogP contribution in [0.3, 0.4) is 0 Å². The normalized spacial score (nSPS) is 12.5. The third kappa shape index (κ3) is 3.52. The van der Waals surface area contributed by atoms with Crippen LogP contribution >= 0.6 is 11.3 Å². The Labute approximate surface area is 122 Å². The van der Waals surface area contributed by atoms with Gasteiger partial charge in [-0.1, -0.05) is 0 Å². The van der Waals surface area contributed by atoms with E-state index in [0.717, 1.165) is 17.0 Å². The Morgan fingerprint density at radius 1 is 1.29 bits per heavy atom. The van der Waals surface area contributed by atoms with Crippen molar-refractivity contribution in [1.82, 2.24) is 9.88 Å². The highest BCUT2D eigenvalue weighted by Gasteiger charge is 2.30. The van der Waals surface area contributed by atoms with Crippen LogP contribution in [0.15, 0.2) is 35.5 Å². The quantitative estimate of drug-likeness (QED) is 0.863. The topological polar surface area (TPSA) is 46.4 Å². The minimum atomic E-state index is -4.37. The highest BCUT2D eigenvalue weighted by atomic mass is 32.1. The lowest BCUT2D eigenvalue weighted by atomic mass is 10.2. The fourth-order valence-corrected chi connectivity index (χ4v) is 2.50. The van der Waals surface area contributed by atoms with E-state index in [9.17, 15) is 18.0 Å². The summed E-state index contributed by atoms with van der Waals surface area (Å²) >= 11 is 1.28. The molecule has 2 rings (SSSR count). The van der Waals surface area contributed by atoms with Crippen LogP contribution in [-0.4, -0.2) is 17.6 Å². The first-order valence-corrected chi connectivity index (χ1v) is 6.76. The van der Waals surface area contributed by atoms with Crippen molar-refractivity contribution in [2.24, 2.45) is 4.99 Å². The van der Waals surface area contributed by atoms with Crippen molar-refractivity contribution in [1.29, 1.82) is 0 Å². The van der Waals surface area contributed by atoms with Gasteiger partial charge in [0.1, 0.15) is 0 Å². The molecule has 0 aliphatic carbocycles. The Bertz CT molecular complexity index is 713. The minimum Gasteiger partial charge on any atom is -0.339 e. The van der Waals surface area contributed by atoms with E-state index in [2.05, 4.69) is 10.3 Å². The summed E-state index contributed by atoms with van der Waals surface area (Å²) in [4.78, 5) is 16.5. The highest BCUT2D eigenvalue weighted by molar-refractivity contribution is 7.09. The van der Waals surface area contributed by atoms with Crippen LogP contribution in [0, 0.1) is 6.92 Å². The van der Waals surface area contributed by atoms with E-state index in [1.54, 1.807) is 10.8 Å². The van der Waals surface area contributed by atoms with Gasteiger partial charge in [-0.2, -0.15) is 18.2 Å². The first kappa shape index (κ1) is 15.3. The molecule has 1 aromatic carbocycles. The molecule has 8 heteroatoms. The van der Waals surface area contributed by atoms with E-state index >= 15 is 0 Å². The van der Waals surface area contributed by atoms with Gasteiger partial charge in [0.15, 0.2) is 4.80 Å². The summed E-state index contributed by atoms with van der Waals surface area (Å²) in [6, 6.07) is 4.17. The summed E-state index contributed by atoms with van der Waals surface area (Å²) in [7, 11) is 1.45. The summed E-state index contributed by atoms with van der Waals surface area (Å²) in [5, 5.41) is 2.37. The molecule has 0 bridgehead atoms. The molecule has 0 fully saturated rings. The number of carbonyl (C=O) groups excluding carboxylic acids is 1. The number of alkyl halides is 3. The number of aromatic nitrogens is 1. The van der Waals surface area contributed by atoms with Crippen LogP contribution in [0.5, 0.6) is 0 Å². The maximum Gasteiger partial charge on any atom is 0.416 e. The fourth-order valence-electron chi connectivity index (χ4n) is 1.67. The lowest BCUT2D eigenvalue weighted by Crippen LogP contribution is -2.20. The molecule has 21 heavy (non-hydrogen) atoms. The molecule has 1 heterocycles. The van der Waals surface area contributed by atoms with Crippen molar-refractivity contribution in [2.45, 2.75) is 13.1 Å². The van der Waals surface area contributed by atoms with Gasteiger partial charge in [0, 0.05) is 23.8 Å². The molecule has 0 saturated heterocycles. The van der Waals surface area contributed by atoms with Crippen molar-refractivity contribution < 1.29 is 18.0 Å². The first-order chi connectivity index (χ1) is 9.81. The van der Waals surface area contributed by atoms with Crippen LogP contribution in [0.4, 0.5) is 18.0 Å². The Morgan fingerprint density at radius 2 is 1.90 bits per heavy atom. The molecule has 2 amide bonds. The van der Waals surface area contributed by atoms with E-state index < -0.39 is 17.8 Å². The molecule has 1 aromatic heterocycles. The second-order valence-corrected chi connectivity index (χ2v) is 5.42. The van der Waals surface area contributed by atoms with Crippen molar-refractivity contribution in [3.8, 4) is 5.69 Å². The maximum absolute atomic E-state index is 12.5. The van der Waals surface area contributed by atoms with Gasteiger partial charge in [-0.25, -0.2) is 4.79 Å². The molecule has 0 unspecified atom stereocenters. The van der Waals surface area contributed by atoms with Crippen LogP contribution in [0.1, 0.15) is 10.4 Å². The van der Waals surface area contributed by atoms with E-state index in [4.69, 9.17) is 0 Å². The Hall–Kier alpha value is -2.09. The number of aryl methyl sites for hydroxylation is 1. The second kappa shape index (κ2) is 5.72. The Morgan fingerprint density at radius 3 is 2.43 bits per heavy atom. The van der Waals surface area contributed by atoms with Gasteiger partial charge in [0.05, 0.1) is 5.56 Å². The number of benzene rings is 1. The lowest BCUT2D eigenvalue weighted by Gasteiger charge is -2.08. The molecule has 0 aliphatic rings. The Balaban J connectivity index is 2.48. The maximum atomic E-state index is 12.5. The lowest BCUT2D eigenvalue weighted by molar-refractivity contribution is -0.137. The van der Waals surface area contributed by atoms with E-state index in [-0.39, 0.29) is 0 Å². The molecule has 0 saturated carbocycles. The Kier molecular flexibility index (Phi) is 4.17. The summed E-state index contributed by atoms with van der Waals surface area (Å²) in [6.07, 6.45) is -2.65. The monoisotopic (exact) mass is 315 g/mol. The number of rotatable bonds is 1. The number of amides is 2. The van der Waals surface area contributed by atoms with Crippen molar-refractivity contribution >= 4 is 17.4 Å². The van der Waals surface area contributed by atoms with Crippen LogP contribution in [0.2, 0.25) is 0 Å². The molecule has 2 aromatic rings. The third-order valence-electron chi connectivity index (χ3n) is 2.65. The standard InChI is InChI=1S/C13H12F3N3OS/c1-8-7-19(12(21-8)18-11(20)17-2)10-5-3-9(4-6-10)13(14,15)16/h3-7H,1-2H3,(H,17,20). The molecule has 4 nitrogen and oxygen atoms in total.